The molecular formula is C27H31ClN4O5. The highest BCUT2D eigenvalue weighted by molar-refractivity contribution is 6.32. The number of aromatic amines is 1. The molecule has 1 fully saturated rings. The van der Waals surface area contributed by atoms with Crippen molar-refractivity contribution in [1.82, 2.24) is 15.3 Å². The van der Waals surface area contributed by atoms with Gasteiger partial charge in [-0.3, -0.25) is 9.78 Å². The first-order chi connectivity index (χ1) is 17.8. The summed E-state index contributed by atoms with van der Waals surface area (Å²) in [7, 11) is 1.56. The topological polar surface area (TPSA) is 107 Å². The van der Waals surface area contributed by atoms with Crippen LogP contribution in [-0.4, -0.2) is 61.1 Å². The minimum atomic E-state index is -0.307. The second-order valence-electron chi connectivity index (χ2n) is 9.91. The highest BCUT2D eigenvalue weighted by atomic mass is 35.5. The Labute approximate surface area is 220 Å². The molecule has 9 nitrogen and oxygen atoms in total. The molecule has 10 heteroatoms. The van der Waals surface area contributed by atoms with Crippen molar-refractivity contribution < 1.29 is 23.7 Å². The summed E-state index contributed by atoms with van der Waals surface area (Å²) in [4.78, 5) is 20.8. The minimum Gasteiger partial charge on any atom is -0.493 e. The number of ether oxygens (including phenoxy) is 4. The fourth-order valence-electron chi connectivity index (χ4n) is 4.54. The molecule has 0 aliphatic carbocycles. The molecule has 0 spiro atoms. The van der Waals surface area contributed by atoms with Crippen molar-refractivity contribution in [3.8, 4) is 22.8 Å². The third-order valence-electron chi connectivity index (χ3n) is 6.55. The monoisotopic (exact) mass is 526 g/mol. The van der Waals surface area contributed by atoms with Crippen molar-refractivity contribution in [3.05, 3.63) is 52.9 Å². The number of halogens is 1. The number of benzene rings is 1. The Bertz CT molecular complexity index is 1300. The lowest BCUT2D eigenvalue weighted by Crippen LogP contribution is -2.44. The van der Waals surface area contributed by atoms with E-state index in [9.17, 15) is 4.79 Å². The number of methoxy groups -OCH3 is 1. The first-order valence-corrected chi connectivity index (χ1v) is 12.6. The Morgan fingerprint density at radius 3 is 2.89 bits per heavy atom. The van der Waals surface area contributed by atoms with Crippen molar-refractivity contribution in [2.45, 2.75) is 38.4 Å². The standard InChI is InChI=1S/C27H31ClN4O5/c1-15-10-30-26(33)21-22(15)32-23(24(21)31-19-7-5-6-18(28)25(19)34-4)17-8-9-29-11-20(17)35-12-16-13-37-27(2,3)14-36-16/h5-9,11,15-16,31-32H,10,12-14H2,1-4H3,(H,30,33)/t15-,16+/m1/s1. The molecule has 2 aliphatic rings. The molecule has 4 heterocycles. The van der Waals surface area contributed by atoms with Crippen LogP contribution < -0.4 is 20.1 Å². The average Bonchev–Trinajstić information content (AvgIpc) is 3.26. The second-order valence-corrected chi connectivity index (χ2v) is 10.3. The molecule has 0 saturated carbocycles. The second kappa shape index (κ2) is 10.2. The number of amides is 1. The van der Waals surface area contributed by atoms with Crippen LogP contribution in [0.1, 0.15) is 42.7 Å². The number of pyridine rings is 1. The Morgan fingerprint density at radius 1 is 1.30 bits per heavy atom. The number of rotatable bonds is 7. The molecule has 3 N–H and O–H groups in total. The number of carbonyl (C=O) groups is 1. The predicted molar refractivity (Wildman–Crippen MR) is 141 cm³/mol. The van der Waals surface area contributed by atoms with Crippen LogP contribution in [0.25, 0.3) is 11.3 Å². The molecule has 1 aromatic carbocycles. The van der Waals surface area contributed by atoms with Crippen molar-refractivity contribution in [2.24, 2.45) is 0 Å². The van der Waals surface area contributed by atoms with Gasteiger partial charge in [-0.05, 0) is 32.0 Å². The van der Waals surface area contributed by atoms with Gasteiger partial charge >= 0.3 is 0 Å². The van der Waals surface area contributed by atoms with Crippen LogP contribution in [0.15, 0.2) is 36.7 Å². The molecule has 1 saturated heterocycles. The highest BCUT2D eigenvalue weighted by Gasteiger charge is 2.33. The molecule has 1 amide bonds. The number of nitrogens with zero attached hydrogens (tertiary/aromatic N) is 1. The smallest absolute Gasteiger partial charge is 0.255 e. The van der Waals surface area contributed by atoms with Gasteiger partial charge in [-0.2, -0.15) is 0 Å². The molecule has 0 bridgehead atoms. The number of hydrogen-bond acceptors (Lipinski definition) is 7. The fourth-order valence-corrected chi connectivity index (χ4v) is 4.80. The molecule has 2 aromatic heterocycles. The van der Waals surface area contributed by atoms with E-state index in [2.05, 4.69) is 27.5 Å². The summed E-state index contributed by atoms with van der Waals surface area (Å²) in [6.45, 7) is 7.84. The summed E-state index contributed by atoms with van der Waals surface area (Å²) < 4.78 is 23.5. The van der Waals surface area contributed by atoms with Gasteiger partial charge < -0.3 is 34.6 Å². The van der Waals surface area contributed by atoms with Crippen molar-refractivity contribution >= 4 is 28.9 Å². The van der Waals surface area contributed by atoms with Gasteiger partial charge in [0.25, 0.3) is 5.91 Å². The van der Waals surface area contributed by atoms with Gasteiger partial charge in [-0.25, -0.2) is 0 Å². The van der Waals surface area contributed by atoms with Crippen LogP contribution in [0.3, 0.4) is 0 Å². The molecule has 37 heavy (non-hydrogen) atoms. The highest BCUT2D eigenvalue weighted by Crippen LogP contribution is 2.44. The number of nitrogens with one attached hydrogen (secondary N) is 3. The summed E-state index contributed by atoms with van der Waals surface area (Å²) >= 11 is 6.38. The maximum atomic E-state index is 13.1. The lowest BCUT2D eigenvalue weighted by atomic mass is 9.98. The Morgan fingerprint density at radius 2 is 2.14 bits per heavy atom. The van der Waals surface area contributed by atoms with E-state index >= 15 is 0 Å². The number of aromatic nitrogens is 2. The van der Waals surface area contributed by atoms with Crippen molar-refractivity contribution in [3.63, 3.8) is 0 Å². The zero-order valence-electron chi connectivity index (χ0n) is 21.3. The van der Waals surface area contributed by atoms with E-state index in [0.717, 1.165) is 11.3 Å². The zero-order valence-corrected chi connectivity index (χ0v) is 22.1. The number of carbonyl (C=O) groups excluding carboxylic acids is 1. The van der Waals surface area contributed by atoms with E-state index in [1.165, 1.54) is 0 Å². The van der Waals surface area contributed by atoms with E-state index in [0.29, 0.717) is 65.5 Å². The fraction of sp³-hybridized carbons (Fsp3) is 0.407. The Balaban J connectivity index is 1.53. The van der Waals surface area contributed by atoms with Gasteiger partial charge in [0.15, 0.2) is 5.75 Å². The number of fused-ring (bicyclic) bond motifs is 1. The largest absolute Gasteiger partial charge is 0.493 e. The zero-order chi connectivity index (χ0) is 26.2. The summed E-state index contributed by atoms with van der Waals surface area (Å²) in [6, 6.07) is 7.28. The molecule has 3 aromatic rings. The van der Waals surface area contributed by atoms with Gasteiger partial charge in [0.1, 0.15) is 18.5 Å². The predicted octanol–water partition coefficient (Wildman–Crippen LogP) is 4.90. The summed E-state index contributed by atoms with van der Waals surface area (Å²) in [5, 5.41) is 6.85. The lowest BCUT2D eigenvalue weighted by Gasteiger charge is -2.34. The normalized spacial score (nSPS) is 20.6. The average molecular weight is 527 g/mol. The van der Waals surface area contributed by atoms with E-state index < -0.39 is 0 Å². The van der Waals surface area contributed by atoms with Crippen LogP contribution in [0, 0.1) is 0 Å². The molecule has 5 rings (SSSR count). The molecule has 2 aliphatic heterocycles. The van der Waals surface area contributed by atoms with Gasteiger partial charge in [0.05, 0.1) is 59.8 Å². The third kappa shape index (κ3) is 5.12. The Kier molecular flexibility index (Phi) is 7.02. The first kappa shape index (κ1) is 25.4. The van der Waals surface area contributed by atoms with E-state index in [1.54, 1.807) is 25.6 Å². The molecular weight excluding hydrogens is 496 g/mol. The first-order valence-electron chi connectivity index (χ1n) is 12.2. The van der Waals surface area contributed by atoms with Crippen molar-refractivity contribution in [2.75, 3.05) is 38.8 Å². The molecule has 0 radical (unpaired) electrons. The number of anilines is 2. The van der Waals surface area contributed by atoms with Gasteiger partial charge in [0.2, 0.25) is 0 Å². The van der Waals surface area contributed by atoms with Crippen LogP contribution in [0.5, 0.6) is 11.5 Å². The SMILES string of the molecule is COc1c(Cl)cccc1Nc1c(-c2ccncc2OC[C@H]2COC(C)(C)CO2)[nH]c2c1C(=O)NC[C@H]2C. The molecule has 0 unspecified atom stereocenters. The molecule has 2 atom stereocenters. The van der Waals surface area contributed by atoms with Crippen LogP contribution >= 0.6 is 11.6 Å². The van der Waals surface area contributed by atoms with E-state index in [-0.39, 0.29) is 23.5 Å². The van der Waals surface area contributed by atoms with E-state index in [4.69, 9.17) is 30.5 Å². The quantitative estimate of drug-likeness (QED) is 0.402. The van der Waals surface area contributed by atoms with Crippen LogP contribution in [0.2, 0.25) is 5.02 Å². The van der Waals surface area contributed by atoms with Gasteiger partial charge in [-0.15, -0.1) is 0 Å². The van der Waals surface area contributed by atoms with Gasteiger partial charge in [-0.1, -0.05) is 24.6 Å². The minimum absolute atomic E-state index is 0.0885. The summed E-state index contributed by atoms with van der Waals surface area (Å²) in [5.41, 5.74) is 3.78. The van der Waals surface area contributed by atoms with Crippen LogP contribution in [-0.2, 0) is 9.47 Å². The maximum Gasteiger partial charge on any atom is 0.255 e. The number of hydrogen-bond donors (Lipinski definition) is 3. The summed E-state index contributed by atoms with van der Waals surface area (Å²) in [5.74, 6) is 0.971. The maximum absolute atomic E-state index is 13.1. The van der Waals surface area contributed by atoms with Crippen LogP contribution in [0.4, 0.5) is 11.4 Å². The van der Waals surface area contributed by atoms with E-state index in [1.807, 2.05) is 32.0 Å². The van der Waals surface area contributed by atoms with Crippen molar-refractivity contribution in [1.29, 1.82) is 0 Å². The lowest BCUT2D eigenvalue weighted by molar-refractivity contribution is -0.181. The number of para-hydroxylation sites is 1. The number of H-pyrrole nitrogens is 1. The summed E-state index contributed by atoms with van der Waals surface area (Å²) in [6.07, 6.45) is 3.16. The molecule has 196 valence electrons. The van der Waals surface area contributed by atoms with Gasteiger partial charge in [0, 0.05) is 29.9 Å². The third-order valence-corrected chi connectivity index (χ3v) is 6.85. The Hall–Kier alpha value is -3.27.